The van der Waals surface area contributed by atoms with E-state index in [1.54, 1.807) is 0 Å². The molecule has 0 amide bonds. The number of allylic oxidation sites excluding steroid dienone is 1. The molecule has 0 bridgehead atoms. The average molecular weight is 398 g/mol. The van der Waals surface area contributed by atoms with E-state index in [1.165, 1.54) is 22.3 Å². The Morgan fingerprint density at radius 2 is 1.33 bits per heavy atom. The van der Waals surface area contributed by atoms with Crippen LogP contribution in [0, 0.1) is 0 Å². The van der Waals surface area contributed by atoms with Gasteiger partial charge in [0.25, 0.3) is 0 Å². The van der Waals surface area contributed by atoms with Crippen molar-refractivity contribution in [3.05, 3.63) is 113 Å². The van der Waals surface area contributed by atoms with Gasteiger partial charge in [-0.2, -0.15) is 0 Å². The molecule has 0 aliphatic rings. The lowest BCUT2D eigenvalue weighted by Gasteiger charge is -2.09. The van der Waals surface area contributed by atoms with Crippen molar-refractivity contribution in [3.63, 3.8) is 0 Å². The van der Waals surface area contributed by atoms with E-state index in [2.05, 4.69) is 84.2 Å². The quantitative estimate of drug-likeness (QED) is 0.413. The van der Waals surface area contributed by atoms with Gasteiger partial charge in [0.15, 0.2) is 0 Å². The molecule has 3 aromatic rings. The van der Waals surface area contributed by atoms with E-state index in [1.807, 2.05) is 12.1 Å². The number of hydrogen-bond donors (Lipinski definition) is 1. The van der Waals surface area contributed by atoms with Crippen molar-refractivity contribution in [2.24, 2.45) is 0 Å². The lowest BCUT2D eigenvalue weighted by Crippen LogP contribution is -2.14. The van der Waals surface area contributed by atoms with Gasteiger partial charge >= 0.3 is 0 Å². The third-order valence-electron chi connectivity index (χ3n) is 4.32. The van der Waals surface area contributed by atoms with Gasteiger partial charge in [-0.05, 0) is 53.8 Å². The summed E-state index contributed by atoms with van der Waals surface area (Å²) in [6.45, 7) is 1.88. The van der Waals surface area contributed by atoms with Gasteiger partial charge in [-0.25, -0.2) is 0 Å². The number of nitrogens with one attached hydrogen (secondary N) is 1. The molecule has 3 rings (SSSR count). The molecule has 0 spiro atoms. The first-order chi connectivity index (χ1) is 12.8. The maximum atomic E-state index is 5.92. The predicted molar refractivity (Wildman–Crippen MR) is 120 cm³/mol. The maximum absolute atomic E-state index is 5.92. The van der Waals surface area contributed by atoms with Gasteiger partial charge in [-0.3, -0.25) is 0 Å². The zero-order valence-electron chi connectivity index (χ0n) is 15.3. The fourth-order valence-electron chi connectivity index (χ4n) is 2.95. The molecular formula is C24H25Cl2N. The molecule has 3 aromatic carbocycles. The van der Waals surface area contributed by atoms with Crippen molar-refractivity contribution < 1.29 is 0 Å². The summed E-state index contributed by atoms with van der Waals surface area (Å²) in [6.07, 6.45) is 4.51. The summed E-state index contributed by atoms with van der Waals surface area (Å²) in [5.41, 5.74) is 5.11. The van der Waals surface area contributed by atoms with Crippen LogP contribution in [0.2, 0.25) is 5.02 Å². The van der Waals surface area contributed by atoms with E-state index in [0.29, 0.717) is 0 Å². The first kappa shape index (κ1) is 21.2. The molecule has 3 heteroatoms. The fraction of sp³-hybridized carbons (Fsp3) is 0.167. The third-order valence-corrected chi connectivity index (χ3v) is 4.57. The minimum Gasteiger partial charge on any atom is -0.313 e. The fourth-order valence-corrected chi connectivity index (χ4v) is 3.07. The lowest BCUT2D eigenvalue weighted by molar-refractivity contribution is 0.655. The predicted octanol–water partition coefficient (Wildman–Crippen LogP) is 6.76. The van der Waals surface area contributed by atoms with E-state index in [0.717, 1.165) is 31.0 Å². The third kappa shape index (κ3) is 6.88. The monoisotopic (exact) mass is 397 g/mol. The Kier molecular flexibility index (Phi) is 9.13. The highest BCUT2D eigenvalue weighted by molar-refractivity contribution is 6.30. The Bertz CT molecular complexity index is 771. The normalized spacial score (nSPS) is 10.1. The van der Waals surface area contributed by atoms with Crippen LogP contribution in [0.1, 0.15) is 29.5 Å². The first-order valence-corrected chi connectivity index (χ1v) is 9.47. The van der Waals surface area contributed by atoms with E-state index >= 15 is 0 Å². The lowest BCUT2D eigenvalue weighted by atomic mass is 9.96. The van der Waals surface area contributed by atoms with Crippen LogP contribution < -0.4 is 5.32 Å². The number of hydrogen-bond acceptors (Lipinski definition) is 1. The Morgan fingerprint density at radius 1 is 0.778 bits per heavy atom. The van der Waals surface area contributed by atoms with Crippen molar-refractivity contribution in [3.8, 4) is 0 Å². The summed E-state index contributed by atoms with van der Waals surface area (Å²) in [4.78, 5) is 0. The molecular weight excluding hydrogens is 373 g/mol. The van der Waals surface area contributed by atoms with Gasteiger partial charge < -0.3 is 5.32 Å². The van der Waals surface area contributed by atoms with E-state index in [4.69, 9.17) is 11.6 Å². The van der Waals surface area contributed by atoms with Crippen molar-refractivity contribution in [1.82, 2.24) is 5.32 Å². The molecule has 0 aromatic heterocycles. The standard InChI is InChI=1S/C24H24ClN.ClH/c25-23-16-14-20(15-17-23)19-26-18-8-7-13-24(21-9-3-1-4-10-21)22-11-5-2-6-12-22;/h1-6,9-17,26H,7-8,18-19H2;1H. The first-order valence-electron chi connectivity index (χ1n) is 9.09. The molecule has 1 N–H and O–H groups in total. The molecule has 0 fully saturated rings. The molecule has 140 valence electrons. The van der Waals surface area contributed by atoms with Gasteiger partial charge in [0, 0.05) is 11.6 Å². The van der Waals surface area contributed by atoms with Crippen LogP contribution in [-0.2, 0) is 6.54 Å². The number of halogens is 2. The Balaban J connectivity index is 0.00000261. The second-order valence-corrected chi connectivity index (χ2v) is 6.73. The van der Waals surface area contributed by atoms with Crippen LogP contribution in [0.3, 0.4) is 0 Å². The summed E-state index contributed by atoms with van der Waals surface area (Å²) in [5.74, 6) is 0. The SMILES string of the molecule is Cl.Clc1ccc(CNCCCC=C(c2ccccc2)c2ccccc2)cc1. The summed E-state index contributed by atoms with van der Waals surface area (Å²) in [5, 5.41) is 4.29. The molecule has 0 saturated heterocycles. The molecule has 0 atom stereocenters. The van der Waals surface area contributed by atoms with Crippen molar-refractivity contribution in [1.29, 1.82) is 0 Å². The van der Waals surface area contributed by atoms with Gasteiger partial charge in [-0.15, -0.1) is 12.4 Å². The number of benzene rings is 3. The van der Waals surface area contributed by atoms with Crippen LogP contribution in [0.5, 0.6) is 0 Å². The topological polar surface area (TPSA) is 12.0 Å². The summed E-state index contributed by atoms with van der Waals surface area (Å²) in [6, 6.07) is 29.2. The highest BCUT2D eigenvalue weighted by atomic mass is 35.5. The van der Waals surface area contributed by atoms with Crippen LogP contribution in [-0.4, -0.2) is 6.54 Å². The zero-order chi connectivity index (χ0) is 18.0. The van der Waals surface area contributed by atoms with E-state index in [-0.39, 0.29) is 12.4 Å². The van der Waals surface area contributed by atoms with Gasteiger partial charge in [-0.1, -0.05) is 90.5 Å². The van der Waals surface area contributed by atoms with Crippen LogP contribution in [0.25, 0.3) is 5.57 Å². The van der Waals surface area contributed by atoms with Gasteiger partial charge in [0.1, 0.15) is 0 Å². The second-order valence-electron chi connectivity index (χ2n) is 6.30. The summed E-state index contributed by atoms with van der Waals surface area (Å²) in [7, 11) is 0. The molecule has 1 nitrogen and oxygen atoms in total. The highest BCUT2D eigenvalue weighted by Crippen LogP contribution is 2.23. The molecule has 0 aliphatic heterocycles. The molecule has 0 saturated carbocycles. The molecule has 0 heterocycles. The molecule has 0 aliphatic carbocycles. The zero-order valence-corrected chi connectivity index (χ0v) is 16.8. The summed E-state index contributed by atoms with van der Waals surface area (Å²) < 4.78 is 0. The minimum absolute atomic E-state index is 0. The Hall–Kier alpha value is -2.06. The Labute approximate surface area is 173 Å². The van der Waals surface area contributed by atoms with E-state index < -0.39 is 0 Å². The van der Waals surface area contributed by atoms with Crippen LogP contribution in [0.4, 0.5) is 0 Å². The highest BCUT2D eigenvalue weighted by Gasteiger charge is 2.03. The average Bonchev–Trinajstić information content (AvgIpc) is 2.70. The van der Waals surface area contributed by atoms with Crippen LogP contribution in [0.15, 0.2) is 91.0 Å². The van der Waals surface area contributed by atoms with Gasteiger partial charge in [0.05, 0.1) is 0 Å². The van der Waals surface area contributed by atoms with Crippen molar-refractivity contribution in [2.45, 2.75) is 19.4 Å². The Morgan fingerprint density at radius 3 is 1.89 bits per heavy atom. The largest absolute Gasteiger partial charge is 0.313 e. The van der Waals surface area contributed by atoms with Crippen molar-refractivity contribution in [2.75, 3.05) is 6.54 Å². The van der Waals surface area contributed by atoms with Crippen LogP contribution >= 0.6 is 24.0 Å². The van der Waals surface area contributed by atoms with Crippen molar-refractivity contribution >= 4 is 29.6 Å². The van der Waals surface area contributed by atoms with Gasteiger partial charge in [0.2, 0.25) is 0 Å². The molecule has 0 radical (unpaired) electrons. The second kappa shape index (κ2) is 11.6. The molecule has 0 unspecified atom stereocenters. The maximum Gasteiger partial charge on any atom is 0.0406 e. The molecule has 27 heavy (non-hydrogen) atoms. The smallest absolute Gasteiger partial charge is 0.0406 e. The summed E-state index contributed by atoms with van der Waals surface area (Å²) >= 11 is 5.92. The van der Waals surface area contributed by atoms with E-state index in [9.17, 15) is 0 Å². The number of rotatable bonds is 8. The number of unbranched alkanes of at least 4 members (excludes halogenated alkanes) is 1. The minimum atomic E-state index is 0.